The zero-order valence-electron chi connectivity index (χ0n) is 14.5. The third-order valence-electron chi connectivity index (χ3n) is 3.54. The van der Waals surface area contributed by atoms with Crippen molar-refractivity contribution in [3.63, 3.8) is 0 Å². The van der Waals surface area contributed by atoms with Gasteiger partial charge in [0, 0.05) is 18.8 Å². The number of H-pyrrole nitrogens is 2. The molecule has 138 valence electrons. The fourth-order valence-electron chi connectivity index (χ4n) is 2.50. The number of sulfonamides is 1. The third kappa shape index (κ3) is 3.85. The molecule has 2 heterocycles. The van der Waals surface area contributed by atoms with E-state index in [0.29, 0.717) is 6.54 Å². The van der Waals surface area contributed by atoms with Crippen LogP contribution in [0.1, 0.15) is 20.8 Å². The Kier molecular flexibility index (Phi) is 4.23. The van der Waals surface area contributed by atoms with Gasteiger partial charge in [0.05, 0.1) is 15.8 Å². The van der Waals surface area contributed by atoms with Crippen LogP contribution in [0.3, 0.4) is 0 Å². The van der Waals surface area contributed by atoms with Gasteiger partial charge in [-0.1, -0.05) is 20.8 Å². The molecule has 3 aromatic rings. The van der Waals surface area contributed by atoms with Crippen molar-refractivity contribution in [2.75, 3.05) is 4.72 Å². The number of aromatic nitrogens is 4. The highest BCUT2D eigenvalue weighted by Gasteiger charge is 2.18. The van der Waals surface area contributed by atoms with Crippen LogP contribution >= 0.6 is 0 Å². The van der Waals surface area contributed by atoms with Gasteiger partial charge in [-0.15, -0.1) is 0 Å². The van der Waals surface area contributed by atoms with Crippen molar-refractivity contribution < 1.29 is 8.42 Å². The predicted octanol–water partition coefficient (Wildman–Crippen LogP) is 1.26. The summed E-state index contributed by atoms with van der Waals surface area (Å²) >= 11 is 0. The molecule has 0 aliphatic heterocycles. The number of rotatable bonds is 4. The summed E-state index contributed by atoms with van der Waals surface area (Å²) in [6, 6.07) is 5.46. The average molecular weight is 377 g/mol. The van der Waals surface area contributed by atoms with Gasteiger partial charge < -0.3 is 4.98 Å². The van der Waals surface area contributed by atoms with Crippen LogP contribution in [0.4, 0.5) is 5.82 Å². The minimum absolute atomic E-state index is 0.00153. The molecule has 3 N–H and O–H groups in total. The van der Waals surface area contributed by atoms with Crippen LogP contribution in [-0.2, 0) is 16.6 Å². The predicted molar refractivity (Wildman–Crippen MR) is 97.7 cm³/mol. The lowest BCUT2D eigenvalue weighted by molar-refractivity contribution is 0.326. The molecule has 0 aliphatic carbocycles. The Labute approximate surface area is 149 Å². The van der Waals surface area contributed by atoms with Crippen LogP contribution < -0.4 is 16.0 Å². The van der Waals surface area contributed by atoms with Gasteiger partial charge in [0.1, 0.15) is 0 Å². The highest BCUT2D eigenvalue weighted by Crippen LogP contribution is 2.19. The Morgan fingerprint density at radius 2 is 1.88 bits per heavy atom. The zero-order valence-corrected chi connectivity index (χ0v) is 15.3. The number of nitrogens with zero attached hydrogens (tertiary/aromatic N) is 2. The number of aromatic amines is 2. The fraction of sp³-hybridized carbons (Fsp3) is 0.312. The second kappa shape index (κ2) is 6.13. The Bertz CT molecular complexity index is 1180. The van der Waals surface area contributed by atoms with E-state index in [1.807, 2.05) is 0 Å². The van der Waals surface area contributed by atoms with E-state index in [4.69, 9.17) is 0 Å². The Hall–Kier alpha value is -2.88. The molecule has 1 aromatic carbocycles. The standard InChI is InChI=1S/C16H19N5O4S/c1-16(2,3)9-21-7-6-13(19-21)20-26(24,25)10-4-5-12-11(8-10)14(22)18-15(23)17-12/h4-8H,9H2,1-3H3,(H,19,20)(H2,17,18,22,23). The minimum atomic E-state index is -3.93. The first-order chi connectivity index (χ1) is 12.0. The van der Waals surface area contributed by atoms with Crippen molar-refractivity contribution in [1.29, 1.82) is 0 Å². The van der Waals surface area contributed by atoms with E-state index in [1.54, 1.807) is 16.9 Å². The summed E-state index contributed by atoms with van der Waals surface area (Å²) in [5, 5.41) is 4.28. The molecule has 0 amide bonds. The van der Waals surface area contributed by atoms with Crippen molar-refractivity contribution in [3.05, 3.63) is 51.3 Å². The quantitative estimate of drug-likeness (QED) is 0.630. The number of nitrogens with one attached hydrogen (secondary N) is 3. The highest BCUT2D eigenvalue weighted by molar-refractivity contribution is 7.92. The molecule has 0 spiro atoms. The van der Waals surface area contributed by atoms with Crippen LogP contribution in [0, 0.1) is 5.41 Å². The van der Waals surface area contributed by atoms with Crippen LogP contribution in [0.15, 0.2) is 44.9 Å². The van der Waals surface area contributed by atoms with Gasteiger partial charge in [-0.3, -0.25) is 19.2 Å². The monoisotopic (exact) mass is 377 g/mol. The molecule has 0 aliphatic rings. The van der Waals surface area contributed by atoms with E-state index < -0.39 is 21.3 Å². The first-order valence-electron chi connectivity index (χ1n) is 7.86. The average Bonchev–Trinajstić information content (AvgIpc) is 2.90. The largest absolute Gasteiger partial charge is 0.326 e. The van der Waals surface area contributed by atoms with Gasteiger partial charge in [0.2, 0.25) is 0 Å². The molecule has 0 unspecified atom stereocenters. The van der Waals surface area contributed by atoms with Crippen molar-refractivity contribution in [2.45, 2.75) is 32.2 Å². The first-order valence-corrected chi connectivity index (χ1v) is 9.34. The molecule has 0 atom stereocenters. The van der Waals surface area contributed by atoms with Crippen LogP contribution in [-0.4, -0.2) is 28.2 Å². The lowest BCUT2D eigenvalue weighted by Gasteiger charge is -2.17. The van der Waals surface area contributed by atoms with Crippen molar-refractivity contribution in [1.82, 2.24) is 19.7 Å². The van der Waals surface area contributed by atoms with E-state index in [-0.39, 0.29) is 27.0 Å². The van der Waals surface area contributed by atoms with Gasteiger partial charge >= 0.3 is 5.69 Å². The van der Waals surface area contributed by atoms with Gasteiger partial charge in [-0.25, -0.2) is 13.2 Å². The van der Waals surface area contributed by atoms with Gasteiger partial charge in [-0.2, -0.15) is 5.10 Å². The molecule has 0 saturated carbocycles. The fourth-order valence-corrected chi connectivity index (χ4v) is 3.52. The SMILES string of the molecule is CC(C)(C)Cn1ccc(NS(=O)(=O)c2ccc3[nH]c(=O)[nH]c(=O)c3c2)n1. The van der Waals surface area contributed by atoms with Crippen molar-refractivity contribution in [2.24, 2.45) is 5.41 Å². The smallest absolute Gasteiger partial charge is 0.307 e. The summed E-state index contributed by atoms with van der Waals surface area (Å²) in [6.45, 7) is 6.79. The summed E-state index contributed by atoms with van der Waals surface area (Å²) in [5.74, 6) is 0.185. The van der Waals surface area contributed by atoms with Gasteiger partial charge in [0.15, 0.2) is 5.82 Å². The number of hydrogen-bond donors (Lipinski definition) is 3. The molecule has 2 aromatic heterocycles. The van der Waals surface area contributed by atoms with E-state index in [0.717, 1.165) is 0 Å². The maximum atomic E-state index is 12.6. The minimum Gasteiger partial charge on any atom is -0.307 e. The molecule has 0 saturated heterocycles. The number of benzene rings is 1. The molecule has 3 rings (SSSR count). The van der Waals surface area contributed by atoms with E-state index in [9.17, 15) is 18.0 Å². The number of fused-ring (bicyclic) bond motifs is 1. The molecular formula is C16H19N5O4S. The maximum absolute atomic E-state index is 12.6. The van der Waals surface area contributed by atoms with Crippen molar-refractivity contribution >= 4 is 26.7 Å². The van der Waals surface area contributed by atoms with Crippen LogP contribution in [0.5, 0.6) is 0 Å². The lowest BCUT2D eigenvalue weighted by atomic mass is 9.97. The highest BCUT2D eigenvalue weighted by atomic mass is 32.2. The maximum Gasteiger partial charge on any atom is 0.326 e. The molecule has 0 bridgehead atoms. The molecule has 10 heteroatoms. The Balaban J connectivity index is 1.92. The molecule has 26 heavy (non-hydrogen) atoms. The normalized spacial score (nSPS) is 12.4. The van der Waals surface area contributed by atoms with Gasteiger partial charge in [0.25, 0.3) is 15.6 Å². The summed E-state index contributed by atoms with van der Waals surface area (Å²) in [5.41, 5.74) is -1.05. The zero-order chi connectivity index (χ0) is 19.1. The molecule has 0 fully saturated rings. The lowest BCUT2D eigenvalue weighted by Crippen LogP contribution is -2.22. The third-order valence-corrected chi connectivity index (χ3v) is 4.89. The summed E-state index contributed by atoms with van der Waals surface area (Å²) in [4.78, 5) is 27.6. The van der Waals surface area contributed by atoms with Crippen LogP contribution in [0.25, 0.3) is 10.9 Å². The molecular weight excluding hydrogens is 358 g/mol. The van der Waals surface area contributed by atoms with E-state index >= 15 is 0 Å². The van der Waals surface area contributed by atoms with E-state index in [2.05, 4.69) is 40.6 Å². The second-order valence-electron chi connectivity index (χ2n) is 7.18. The Morgan fingerprint density at radius 3 is 2.58 bits per heavy atom. The number of hydrogen-bond acceptors (Lipinski definition) is 5. The second-order valence-corrected chi connectivity index (χ2v) is 8.86. The molecule has 0 radical (unpaired) electrons. The topological polar surface area (TPSA) is 130 Å². The van der Waals surface area contributed by atoms with Crippen molar-refractivity contribution in [3.8, 4) is 0 Å². The van der Waals surface area contributed by atoms with E-state index in [1.165, 1.54) is 18.2 Å². The molecule has 9 nitrogen and oxygen atoms in total. The van der Waals surface area contributed by atoms with Crippen LogP contribution in [0.2, 0.25) is 0 Å². The summed E-state index contributed by atoms with van der Waals surface area (Å²) < 4.78 is 29.2. The van der Waals surface area contributed by atoms with Gasteiger partial charge in [-0.05, 0) is 23.6 Å². The number of anilines is 1. The first kappa shape index (κ1) is 17.9. The Morgan fingerprint density at radius 1 is 1.15 bits per heavy atom. The summed E-state index contributed by atoms with van der Waals surface area (Å²) in [6.07, 6.45) is 1.69. The summed E-state index contributed by atoms with van der Waals surface area (Å²) in [7, 11) is -3.93.